The fourth-order valence-electron chi connectivity index (χ4n) is 2.08. The molecule has 0 aromatic carbocycles. The highest BCUT2D eigenvalue weighted by atomic mass is 32.1. The molecular weight excluding hydrogens is 236 g/mol. The zero-order valence-corrected chi connectivity index (χ0v) is 10.8. The number of likely N-dealkylation sites (tertiary alicyclic amines) is 1. The number of hydrogen-bond donors (Lipinski definition) is 2. The molecule has 1 fully saturated rings. The van der Waals surface area contributed by atoms with Gasteiger partial charge in [0.2, 0.25) is 5.91 Å². The van der Waals surface area contributed by atoms with Crippen LogP contribution in [0.15, 0.2) is 11.6 Å². The zero-order valence-electron chi connectivity index (χ0n) is 9.98. The third kappa shape index (κ3) is 3.76. The number of nitrogens with one attached hydrogen (secondary N) is 2. The highest BCUT2D eigenvalue weighted by Gasteiger charge is 2.20. The summed E-state index contributed by atoms with van der Waals surface area (Å²) >= 11 is 1.44. The fraction of sp³-hybridized carbons (Fsp3) is 0.636. The zero-order chi connectivity index (χ0) is 12.1. The van der Waals surface area contributed by atoms with Gasteiger partial charge in [0.05, 0.1) is 6.54 Å². The summed E-state index contributed by atoms with van der Waals surface area (Å²) in [4.78, 5) is 18.0. The average molecular weight is 254 g/mol. The molecule has 0 saturated carbocycles. The second kappa shape index (κ2) is 6.09. The molecule has 1 aromatic heterocycles. The van der Waals surface area contributed by atoms with E-state index in [2.05, 4.69) is 20.5 Å². The first-order chi connectivity index (χ1) is 8.28. The topological polar surface area (TPSA) is 57.3 Å². The molecule has 1 aliphatic heterocycles. The van der Waals surface area contributed by atoms with Crippen LogP contribution in [0.2, 0.25) is 0 Å². The Bertz CT molecular complexity index is 354. The van der Waals surface area contributed by atoms with Crippen LogP contribution in [0.3, 0.4) is 0 Å². The molecule has 1 amide bonds. The van der Waals surface area contributed by atoms with E-state index in [1.165, 1.54) is 17.8 Å². The number of hydrogen-bond acceptors (Lipinski definition) is 5. The molecule has 1 atom stereocenters. The summed E-state index contributed by atoms with van der Waals surface area (Å²) < 4.78 is 0. The maximum atomic E-state index is 11.8. The largest absolute Gasteiger partial charge is 0.316 e. The van der Waals surface area contributed by atoms with Crippen molar-refractivity contribution in [1.82, 2.24) is 15.2 Å². The van der Waals surface area contributed by atoms with E-state index in [0.717, 1.165) is 19.5 Å². The standard InChI is InChI=1S/C11H18N4OS/c1-12-9-3-2-5-15(7-9)8-10(16)14-11-13-4-6-17-11/h4,6,9,12H,2-3,5,7-8H2,1H3,(H,13,14,16). The van der Waals surface area contributed by atoms with Crippen LogP contribution in [0.1, 0.15) is 12.8 Å². The minimum absolute atomic E-state index is 0.0247. The Morgan fingerprint density at radius 3 is 3.29 bits per heavy atom. The third-order valence-corrected chi connectivity index (χ3v) is 3.65. The number of nitrogens with zero attached hydrogens (tertiary/aromatic N) is 2. The summed E-state index contributed by atoms with van der Waals surface area (Å²) in [5.41, 5.74) is 0. The maximum Gasteiger partial charge on any atom is 0.240 e. The highest BCUT2D eigenvalue weighted by molar-refractivity contribution is 7.13. The fourth-order valence-corrected chi connectivity index (χ4v) is 2.63. The smallest absolute Gasteiger partial charge is 0.240 e. The van der Waals surface area contributed by atoms with Gasteiger partial charge in [-0.3, -0.25) is 9.69 Å². The van der Waals surface area contributed by atoms with Crippen molar-refractivity contribution in [3.8, 4) is 0 Å². The molecule has 1 saturated heterocycles. The second-order valence-corrected chi connectivity index (χ2v) is 5.14. The van der Waals surface area contributed by atoms with Gasteiger partial charge in [0, 0.05) is 24.2 Å². The Labute approximate surface area is 105 Å². The monoisotopic (exact) mass is 254 g/mol. The number of piperidine rings is 1. The molecule has 17 heavy (non-hydrogen) atoms. The van der Waals surface area contributed by atoms with E-state index in [4.69, 9.17) is 0 Å². The van der Waals surface area contributed by atoms with E-state index < -0.39 is 0 Å². The van der Waals surface area contributed by atoms with Gasteiger partial charge in [-0.2, -0.15) is 0 Å². The van der Waals surface area contributed by atoms with E-state index in [-0.39, 0.29) is 5.91 Å². The van der Waals surface area contributed by atoms with Gasteiger partial charge in [-0.15, -0.1) is 11.3 Å². The van der Waals surface area contributed by atoms with Gasteiger partial charge in [-0.05, 0) is 26.4 Å². The summed E-state index contributed by atoms with van der Waals surface area (Å²) in [5.74, 6) is 0.0247. The summed E-state index contributed by atoms with van der Waals surface area (Å²) in [7, 11) is 1.98. The molecule has 1 aromatic rings. The lowest BCUT2D eigenvalue weighted by molar-refractivity contribution is -0.117. The van der Waals surface area contributed by atoms with Gasteiger partial charge in [-0.25, -0.2) is 4.98 Å². The lowest BCUT2D eigenvalue weighted by Crippen LogP contribution is -2.46. The van der Waals surface area contributed by atoms with Gasteiger partial charge >= 0.3 is 0 Å². The van der Waals surface area contributed by atoms with Gasteiger partial charge in [-0.1, -0.05) is 0 Å². The number of thiazole rings is 1. The van der Waals surface area contributed by atoms with Gasteiger partial charge in [0.25, 0.3) is 0 Å². The number of anilines is 1. The summed E-state index contributed by atoms with van der Waals surface area (Å²) in [6, 6.07) is 0.511. The molecule has 0 spiro atoms. The van der Waals surface area contributed by atoms with Crippen molar-refractivity contribution in [2.24, 2.45) is 0 Å². The Kier molecular flexibility index (Phi) is 4.47. The molecule has 2 rings (SSSR count). The first-order valence-corrected chi connectivity index (χ1v) is 6.75. The Morgan fingerprint density at radius 1 is 1.71 bits per heavy atom. The predicted octanol–water partition coefficient (Wildman–Crippen LogP) is 0.765. The molecule has 1 aliphatic rings. The summed E-state index contributed by atoms with van der Waals surface area (Å²) in [5, 5.41) is 8.61. The van der Waals surface area contributed by atoms with Crippen molar-refractivity contribution in [2.45, 2.75) is 18.9 Å². The van der Waals surface area contributed by atoms with E-state index in [1.807, 2.05) is 12.4 Å². The number of carbonyl (C=O) groups is 1. The average Bonchev–Trinajstić information content (AvgIpc) is 2.82. The van der Waals surface area contributed by atoms with Crippen LogP contribution < -0.4 is 10.6 Å². The van der Waals surface area contributed by atoms with Crippen molar-refractivity contribution in [3.63, 3.8) is 0 Å². The third-order valence-electron chi connectivity index (χ3n) is 2.96. The van der Waals surface area contributed by atoms with Crippen molar-refractivity contribution in [1.29, 1.82) is 0 Å². The normalized spacial score (nSPS) is 21.4. The van der Waals surface area contributed by atoms with E-state index >= 15 is 0 Å². The summed E-state index contributed by atoms with van der Waals surface area (Å²) in [6.07, 6.45) is 4.04. The number of aromatic nitrogens is 1. The first-order valence-electron chi connectivity index (χ1n) is 5.87. The number of carbonyl (C=O) groups excluding carboxylic acids is 1. The second-order valence-electron chi connectivity index (χ2n) is 4.25. The van der Waals surface area contributed by atoms with E-state index in [0.29, 0.717) is 17.7 Å². The van der Waals surface area contributed by atoms with E-state index in [9.17, 15) is 4.79 Å². The summed E-state index contributed by atoms with van der Waals surface area (Å²) in [6.45, 7) is 2.41. The van der Waals surface area contributed by atoms with Crippen LogP contribution in [0, 0.1) is 0 Å². The van der Waals surface area contributed by atoms with Crippen molar-refractivity contribution < 1.29 is 4.79 Å². The Balaban J connectivity index is 1.78. The molecular formula is C11H18N4OS. The molecule has 2 N–H and O–H groups in total. The van der Waals surface area contributed by atoms with Crippen molar-refractivity contribution in [3.05, 3.63) is 11.6 Å². The minimum atomic E-state index is 0.0247. The van der Waals surface area contributed by atoms with E-state index in [1.54, 1.807) is 6.20 Å². The quantitative estimate of drug-likeness (QED) is 0.833. The van der Waals surface area contributed by atoms with Crippen LogP contribution in [-0.4, -0.2) is 48.5 Å². The van der Waals surface area contributed by atoms with Crippen LogP contribution in [-0.2, 0) is 4.79 Å². The van der Waals surface area contributed by atoms with Gasteiger partial charge < -0.3 is 10.6 Å². The highest BCUT2D eigenvalue weighted by Crippen LogP contribution is 2.12. The maximum absolute atomic E-state index is 11.8. The van der Waals surface area contributed by atoms with Crippen LogP contribution in [0.25, 0.3) is 0 Å². The molecule has 94 valence electrons. The minimum Gasteiger partial charge on any atom is -0.316 e. The lowest BCUT2D eigenvalue weighted by atomic mass is 10.1. The molecule has 0 bridgehead atoms. The van der Waals surface area contributed by atoms with Crippen molar-refractivity contribution in [2.75, 3.05) is 32.0 Å². The number of amides is 1. The Hall–Kier alpha value is -0.980. The van der Waals surface area contributed by atoms with Crippen LogP contribution in [0.4, 0.5) is 5.13 Å². The molecule has 1 unspecified atom stereocenters. The first kappa shape index (κ1) is 12.5. The van der Waals surface area contributed by atoms with Gasteiger partial charge in [0.15, 0.2) is 5.13 Å². The molecule has 0 radical (unpaired) electrons. The SMILES string of the molecule is CNC1CCCN(CC(=O)Nc2nccs2)C1. The Morgan fingerprint density at radius 2 is 2.59 bits per heavy atom. The van der Waals surface area contributed by atoms with Crippen LogP contribution >= 0.6 is 11.3 Å². The molecule has 6 heteroatoms. The molecule has 0 aliphatic carbocycles. The van der Waals surface area contributed by atoms with Crippen LogP contribution in [0.5, 0.6) is 0 Å². The van der Waals surface area contributed by atoms with Gasteiger partial charge in [0.1, 0.15) is 0 Å². The molecule has 5 nitrogen and oxygen atoms in total. The van der Waals surface area contributed by atoms with Crippen molar-refractivity contribution >= 4 is 22.4 Å². The predicted molar refractivity (Wildman–Crippen MR) is 69.3 cm³/mol. The number of rotatable bonds is 4. The molecule has 2 heterocycles. The number of likely N-dealkylation sites (N-methyl/N-ethyl adjacent to an activating group) is 1. The lowest BCUT2D eigenvalue weighted by Gasteiger charge is -2.31.